The zero-order chi connectivity index (χ0) is 13.4. The molecule has 0 radical (unpaired) electrons. The molecule has 0 aromatic rings. The highest BCUT2D eigenvalue weighted by molar-refractivity contribution is 5.82. The summed E-state index contributed by atoms with van der Waals surface area (Å²) in [5.41, 5.74) is 0. The lowest BCUT2D eigenvalue weighted by Gasteiger charge is -2.19. The summed E-state index contributed by atoms with van der Waals surface area (Å²) in [4.78, 5) is 22.3. The van der Waals surface area contributed by atoms with Crippen LogP contribution in [0.3, 0.4) is 0 Å². The van der Waals surface area contributed by atoms with Gasteiger partial charge in [0.2, 0.25) is 0 Å². The van der Waals surface area contributed by atoms with E-state index in [1.54, 1.807) is 13.8 Å². The molecule has 17 heavy (non-hydrogen) atoms. The van der Waals surface area contributed by atoms with Crippen LogP contribution in [0.1, 0.15) is 27.7 Å². The van der Waals surface area contributed by atoms with Gasteiger partial charge >= 0.3 is 12.0 Å². The first-order chi connectivity index (χ1) is 7.88. The normalized spacial score (nSPS) is 14.2. The second kappa shape index (κ2) is 7.89. The Hall–Kier alpha value is -1.30. The molecule has 3 N–H and O–H groups in total. The molecule has 0 saturated carbocycles. The standard InChI is InChI=1S/C11H22N2O4/c1-5-17-8(4)6-12-11(16)13-9(7(2)3)10(14)15/h7-9H,5-6H2,1-4H3,(H,14,15)(H2,12,13,16). The minimum atomic E-state index is -1.03. The molecule has 6 heteroatoms. The Kier molecular flexibility index (Phi) is 7.29. The summed E-state index contributed by atoms with van der Waals surface area (Å²) in [7, 11) is 0. The van der Waals surface area contributed by atoms with Gasteiger partial charge in [-0.1, -0.05) is 13.8 Å². The highest BCUT2D eigenvalue weighted by Gasteiger charge is 2.23. The van der Waals surface area contributed by atoms with Gasteiger partial charge in [-0.3, -0.25) is 0 Å². The van der Waals surface area contributed by atoms with E-state index < -0.39 is 18.0 Å². The van der Waals surface area contributed by atoms with Crippen LogP contribution in [0.15, 0.2) is 0 Å². The van der Waals surface area contributed by atoms with Crippen LogP contribution in [-0.2, 0) is 9.53 Å². The molecule has 0 spiro atoms. The van der Waals surface area contributed by atoms with Crippen molar-refractivity contribution in [1.29, 1.82) is 0 Å². The molecule has 0 aromatic heterocycles. The fourth-order valence-corrected chi connectivity index (χ4v) is 1.29. The number of amides is 2. The molecular weight excluding hydrogens is 224 g/mol. The highest BCUT2D eigenvalue weighted by Crippen LogP contribution is 2.01. The number of nitrogens with one attached hydrogen (secondary N) is 2. The lowest BCUT2D eigenvalue weighted by Crippen LogP contribution is -2.49. The van der Waals surface area contributed by atoms with Crippen molar-refractivity contribution in [2.75, 3.05) is 13.2 Å². The molecule has 100 valence electrons. The van der Waals surface area contributed by atoms with Crippen LogP contribution in [0.2, 0.25) is 0 Å². The lowest BCUT2D eigenvalue weighted by atomic mass is 10.1. The Morgan fingerprint density at radius 2 is 1.88 bits per heavy atom. The molecule has 0 fully saturated rings. The maximum absolute atomic E-state index is 11.4. The van der Waals surface area contributed by atoms with Crippen LogP contribution in [0.4, 0.5) is 4.79 Å². The Labute approximate surface area is 102 Å². The van der Waals surface area contributed by atoms with Crippen LogP contribution in [0.5, 0.6) is 0 Å². The third-order valence-corrected chi connectivity index (χ3v) is 2.22. The zero-order valence-electron chi connectivity index (χ0n) is 10.8. The molecule has 2 amide bonds. The van der Waals surface area contributed by atoms with Crippen LogP contribution >= 0.6 is 0 Å². The van der Waals surface area contributed by atoms with Crippen LogP contribution in [0.25, 0.3) is 0 Å². The molecule has 2 unspecified atom stereocenters. The van der Waals surface area contributed by atoms with Gasteiger partial charge in [0, 0.05) is 13.2 Å². The summed E-state index contributed by atoms with van der Waals surface area (Å²) >= 11 is 0. The number of rotatable bonds is 7. The second-order valence-corrected chi connectivity index (χ2v) is 4.18. The van der Waals surface area contributed by atoms with E-state index in [0.717, 1.165) is 0 Å². The van der Waals surface area contributed by atoms with E-state index in [1.165, 1.54) is 0 Å². The van der Waals surface area contributed by atoms with Gasteiger partial charge in [0.15, 0.2) is 0 Å². The first kappa shape index (κ1) is 15.7. The summed E-state index contributed by atoms with van der Waals surface area (Å²) in [5.74, 6) is -1.20. The average molecular weight is 246 g/mol. The van der Waals surface area contributed by atoms with Gasteiger partial charge in [-0.2, -0.15) is 0 Å². The molecule has 0 aromatic carbocycles. The van der Waals surface area contributed by atoms with Gasteiger partial charge in [0.05, 0.1) is 6.10 Å². The van der Waals surface area contributed by atoms with Crippen molar-refractivity contribution < 1.29 is 19.4 Å². The molecule has 0 aliphatic heterocycles. The average Bonchev–Trinajstić information content (AvgIpc) is 2.22. The SMILES string of the molecule is CCOC(C)CNC(=O)NC(C(=O)O)C(C)C. The summed E-state index contributed by atoms with van der Waals surface area (Å²) < 4.78 is 5.23. The minimum Gasteiger partial charge on any atom is -0.480 e. The van der Waals surface area contributed by atoms with Gasteiger partial charge in [0.1, 0.15) is 6.04 Å². The van der Waals surface area contributed by atoms with Gasteiger partial charge in [-0.05, 0) is 19.8 Å². The highest BCUT2D eigenvalue weighted by atomic mass is 16.5. The third kappa shape index (κ3) is 6.78. The van der Waals surface area contributed by atoms with E-state index in [9.17, 15) is 9.59 Å². The number of carbonyl (C=O) groups is 2. The van der Waals surface area contributed by atoms with Crippen molar-refractivity contribution in [1.82, 2.24) is 10.6 Å². The van der Waals surface area contributed by atoms with Crippen molar-refractivity contribution in [3.63, 3.8) is 0 Å². The maximum atomic E-state index is 11.4. The number of ether oxygens (including phenoxy) is 1. The minimum absolute atomic E-state index is 0.0897. The number of carbonyl (C=O) groups excluding carboxylic acids is 1. The van der Waals surface area contributed by atoms with E-state index >= 15 is 0 Å². The van der Waals surface area contributed by atoms with Gasteiger partial charge in [-0.25, -0.2) is 9.59 Å². The largest absolute Gasteiger partial charge is 0.480 e. The van der Waals surface area contributed by atoms with Crippen molar-refractivity contribution in [3.05, 3.63) is 0 Å². The predicted molar refractivity (Wildman–Crippen MR) is 63.9 cm³/mol. The van der Waals surface area contributed by atoms with Gasteiger partial charge in [-0.15, -0.1) is 0 Å². The molecule has 2 atom stereocenters. The van der Waals surface area contributed by atoms with Crippen molar-refractivity contribution >= 4 is 12.0 Å². The monoisotopic (exact) mass is 246 g/mol. The van der Waals surface area contributed by atoms with E-state index in [1.807, 2.05) is 13.8 Å². The topological polar surface area (TPSA) is 87.7 Å². The first-order valence-corrected chi connectivity index (χ1v) is 5.77. The quantitative estimate of drug-likeness (QED) is 0.620. The van der Waals surface area contributed by atoms with Crippen LogP contribution in [0, 0.1) is 5.92 Å². The van der Waals surface area contributed by atoms with Crippen molar-refractivity contribution in [2.45, 2.75) is 39.8 Å². The summed E-state index contributed by atoms with van der Waals surface area (Å²) in [5, 5.41) is 13.9. The van der Waals surface area contributed by atoms with Crippen LogP contribution in [-0.4, -0.2) is 42.4 Å². The number of aliphatic carboxylic acids is 1. The third-order valence-electron chi connectivity index (χ3n) is 2.22. The molecule has 0 heterocycles. The Bertz CT molecular complexity index is 256. The first-order valence-electron chi connectivity index (χ1n) is 5.77. The molecule has 0 rings (SSSR count). The number of carboxylic acid groups (broad SMARTS) is 1. The summed E-state index contributed by atoms with van der Waals surface area (Å²) in [6.45, 7) is 8.11. The van der Waals surface area contributed by atoms with E-state index in [-0.39, 0.29) is 12.0 Å². The van der Waals surface area contributed by atoms with Gasteiger partial charge in [0.25, 0.3) is 0 Å². The molecule has 0 saturated heterocycles. The van der Waals surface area contributed by atoms with E-state index in [0.29, 0.717) is 13.2 Å². The maximum Gasteiger partial charge on any atom is 0.326 e. The number of hydrogen-bond acceptors (Lipinski definition) is 3. The zero-order valence-corrected chi connectivity index (χ0v) is 10.8. The Morgan fingerprint density at radius 1 is 1.29 bits per heavy atom. The summed E-state index contributed by atoms with van der Waals surface area (Å²) in [6.07, 6.45) is -0.0897. The van der Waals surface area contributed by atoms with E-state index in [4.69, 9.17) is 9.84 Å². The molecular formula is C11H22N2O4. The fraction of sp³-hybridized carbons (Fsp3) is 0.818. The molecule has 0 bridgehead atoms. The molecule has 0 aliphatic rings. The fourth-order valence-electron chi connectivity index (χ4n) is 1.29. The van der Waals surface area contributed by atoms with Crippen molar-refractivity contribution in [2.24, 2.45) is 5.92 Å². The van der Waals surface area contributed by atoms with Crippen molar-refractivity contribution in [3.8, 4) is 0 Å². The molecule has 6 nitrogen and oxygen atoms in total. The molecule has 0 aliphatic carbocycles. The predicted octanol–water partition coefficient (Wildman–Crippen LogP) is 0.820. The summed E-state index contributed by atoms with van der Waals surface area (Å²) in [6, 6.07) is -1.37. The van der Waals surface area contributed by atoms with Gasteiger partial charge < -0.3 is 20.5 Å². The number of hydrogen-bond donors (Lipinski definition) is 3. The van der Waals surface area contributed by atoms with Crippen LogP contribution < -0.4 is 10.6 Å². The Balaban J connectivity index is 4.03. The van der Waals surface area contributed by atoms with E-state index in [2.05, 4.69) is 10.6 Å². The number of urea groups is 1. The second-order valence-electron chi connectivity index (χ2n) is 4.18. The smallest absolute Gasteiger partial charge is 0.326 e. The number of carboxylic acids is 1. The lowest BCUT2D eigenvalue weighted by molar-refractivity contribution is -0.140. The Morgan fingerprint density at radius 3 is 2.29 bits per heavy atom.